The van der Waals surface area contributed by atoms with E-state index >= 15 is 0 Å². The SMILES string of the molecule is S=c1[nH]c2ccc(NCc3ccccc3)cc2s1. The normalized spacial score (nSPS) is 10.7. The number of H-pyrrole nitrogens is 1. The predicted molar refractivity (Wildman–Crippen MR) is 80.8 cm³/mol. The number of thiazole rings is 1. The summed E-state index contributed by atoms with van der Waals surface area (Å²) in [5.41, 5.74) is 3.51. The molecule has 2 nitrogen and oxygen atoms in total. The second-order valence-corrected chi connectivity index (χ2v) is 5.78. The van der Waals surface area contributed by atoms with E-state index in [1.165, 1.54) is 10.3 Å². The first-order chi connectivity index (χ1) is 8.81. The Balaban J connectivity index is 1.80. The molecule has 0 aliphatic rings. The van der Waals surface area contributed by atoms with Gasteiger partial charge >= 0.3 is 0 Å². The average molecular weight is 272 g/mol. The highest BCUT2D eigenvalue weighted by Gasteiger charge is 1.99. The summed E-state index contributed by atoms with van der Waals surface area (Å²) in [6.07, 6.45) is 0. The van der Waals surface area contributed by atoms with Gasteiger partial charge in [0.1, 0.15) is 0 Å². The van der Waals surface area contributed by atoms with Gasteiger partial charge in [-0.1, -0.05) is 30.3 Å². The number of hydrogen-bond donors (Lipinski definition) is 2. The van der Waals surface area contributed by atoms with E-state index in [4.69, 9.17) is 12.2 Å². The molecule has 0 aliphatic heterocycles. The monoisotopic (exact) mass is 272 g/mol. The molecular weight excluding hydrogens is 260 g/mol. The third-order valence-corrected chi connectivity index (χ3v) is 3.96. The van der Waals surface area contributed by atoms with Gasteiger partial charge in [0.25, 0.3) is 0 Å². The molecule has 2 aromatic carbocycles. The zero-order valence-corrected chi connectivity index (χ0v) is 11.3. The minimum Gasteiger partial charge on any atom is -0.381 e. The van der Waals surface area contributed by atoms with E-state index in [2.05, 4.69) is 52.8 Å². The largest absolute Gasteiger partial charge is 0.381 e. The maximum atomic E-state index is 5.14. The number of rotatable bonds is 3. The smallest absolute Gasteiger partial charge is 0.159 e. The summed E-state index contributed by atoms with van der Waals surface area (Å²) in [5.74, 6) is 0. The summed E-state index contributed by atoms with van der Waals surface area (Å²) < 4.78 is 2.02. The van der Waals surface area contributed by atoms with Crippen LogP contribution in [0.5, 0.6) is 0 Å². The quantitative estimate of drug-likeness (QED) is 0.683. The summed E-state index contributed by atoms with van der Waals surface area (Å²) in [6.45, 7) is 0.835. The predicted octanol–water partition coefficient (Wildman–Crippen LogP) is 4.57. The van der Waals surface area contributed by atoms with Crippen LogP contribution in [-0.4, -0.2) is 4.98 Å². The van der Waals surface area contributed by atoms with Gasteiger partial charge < -0.3 is 10.3 Å². The lowest BCUT2D eigenvalue weighted by Gasteiger charge is -2.06. The fourth-order valence-corrected chi connectivity index (χ4v) is 3.01. The number of aromatic nitrogens is 1. The Kier molecular flexibility index (Phi) is 3.13. The van der Waals surface area contributed by atoms with Crippen LogP contribution in [0.15, 0.2) is 48.5 Å². The first kappa shape index (κ1) is 11.4. The van der Waals surface area contributed by atoms with Crippen LogP contribution in [0.3, 0.4) is 0 Å². The lowest BCUT2D eigenvalue weighted by atomic mass is 10.2. The average Bonchev–Trinajstić information content (AvgIpc) is 2.77. The van der Waals surface area contributed by atoms with Gasteiger partial charge in [0.05, 0.1) is 10.2 Å². The van der Waals surface area contributed by atoms with E-state index in [0.717, 1.165) is 21.7 Å². The highest BCUT2D eigenvalue weighted by atomic mass is 32.1. The van der Waals surface area contributed by atoms with Crippen LogP contribution in [0.4, 0.5) is 5.69 Å². The minimum atomic E-state index is 0.824. The lowest BCUT2D eigenvalue weighted by molar-refractivity contribution is 1.15. The maximum absolute atomic E-state index is 5.14. The molecule has 3 rings (SSSR count). The molecule has 1 aromatic heterocycles. The fourth-order valence-electron chi connectivity index (χ4n) is 1.86. The summed E-state index contributed by atoms with van der Waals surface area (Å²) in [4.78, 5) is 3.16. The van der Waals surface area contributed by atoms with E-state index in [1.807, 2.05) is 6.07 Å². The van der Waals surface area contributed by atoms with Crippen molar-refractivity contribution in [1.29, 1.82) is 0 Å². The summed E-state index contributed by atoms with van der Waals surface area (Å²) in [7, 11) is 0. The minimum absolute atomic E-state index is 0.824. The van der Waals surface area contributed by atoms with E-state index in [9.17, 15) is 0 Å². The van der Waals surface area contributed by atoms with Gasteiger partial charge in [-0.25, -0.2) is 0 Å². The van der Waals surface area contributed by atoms with E-state index in [-0.39, 0.29) is 0 Å². The van der Waals surface area contributed by atoms with Gasteiger partial charge in [0.2, 0.25) is 0 Å². The third-order valence-electron chi connectivity index (χ3n) is 2.76. The highest BCUT2D eigenvalue weighted by molar-refractivity contribution is 7.73. The second kappa shape index (κ2) is 4.92. The standard InChI is InChI=1S/C14H12N2S2/c17-14-16-12-7-6-11(8-13(12)18-14)15-9-10-4-2-1-3-5-10/h1-8,15H,9H2,(H,16,17). The zero-order chi connectivity index (χ0) is 12.4. The van der Waals surface area contributed by atoms with Crippen molar-refractivity contribution in [1.82, 2.24) is 4.98 Å². The number of nitrogens with one attached hydrogen (secondary N) is 2. The number of benzene rings is 2. The molecule has 0 fully saturated rings. The van der Waals surface area contributed by atoms with Crippen LogP contribution in [-0.2, 0) is 6.54 Å². The third kappa shape index (κ3) is 2.44. The topological polar surface area (TPSA) is 27.8 Å². The first-order valence-electron chi connectivity index (χ1n) is 5.72. The Morgan fingerprint density at radius 3 is 2.78 bits per heavy atom. The molecule has 1 heterocycles. The first-order valence-corrected chi connectivity index (χ1v) is 6.94. The number of anilines is 1. The summed E-state index contributed by atoms with van der Waals surface area (Å²) in [6, 6.07) is 16.6. The maximum Gasteiger partial charge on any atom is 0.159 e. The Morgan fingerprint density at radius 1 is 1.11 bits per heavy atom. The molecule has 0 unspecified atom stereocenters. The van der Waals surface area contributed by atoms with Crippen LogP contribution in [0.25, 0.3) is 10.2 Å². The molecule has 18 heavy (non-hydrogen) atoms. The van der Waals surface area contributed by atoms with Crippen LogP contribution < -0.4 is 5.32 Å². The Bertz CT molecular complexity index is 713. The van der Waals surface area contributed by atoms with Crippen molar-refractivity contribution in [2.75, 3.05) is 5.32 Å². The summed E-state index contributed by atoms with van der Waals surface area (Å²) in [5, 5.41) is 3.42. The van der Waals surface area contributed by atoms with Gasteiger partial charge in [-0.15, -0.1) is 11.3 Å². The van der Waals surface area contributed by atoms with Gasteiger partial charge in [-0.2, -0.15) is 0 Å². The van der Waals surface area contributed by atoms with Crippen LogP contribution >= 0.6 is 23.6 Å². The molecule has 0 aliphatic carbocycles. The molecule has 0 radical (unpaired) electrons. The molecule has 4 heteroatoms. The number of fused-ring (bicyclic) bond motifs is 1. The van der Waals surface area contributed by atoms with Gasteiger partial charge in [-0.3, -0.25) is 0 Å². The van der Waals surface area contributed by atoms with Crippen LogP contribution in [0, 0.1) is 3.95 Å². The van der Waals surface area contributed by atoms with Crippen LogP contribution in [0.1, 0.15) is 5.56 Å². The molecule has 2 N–H and O–H groups in total. The van der Waals surface area contributed by atoms with Crippen molar-refractivity contribution < 1.29 is 0 Å². The van der Waals surface area contributed by atoms with Crippen molar-refractivity contribution >= 4 is 39.5 Å². The number of aromatic amines is 1. The van der Waals surface area contributed by atoms with Crippen molar-refractivity contribution in [2.45, 2.75) is 6.54 Å². The molecular formula is C14H12N2S2. The van der Waals surface area contributed by atoms with Crippen molar-refractivity contribution in [2.24, 2.45) is 0 Å². The van der Waals surface area contributed by atoms with Gasteiger partial charge in [-0.05, 0) is 36.0 Å². The number of hydrogen-bond acceptors (Lipinski definition) is 3. The van der Waals surface area contributed by atoms with Crippen molar-refractivity contribution in [3.63, 3.8) is 0 Å². The zero-order valence-electron chi connectivity index (χ0n) is 9.64. The molecule has 0 spiro atoms. The Morgan fingerprint density at radius 2 is 1.94 bits per heavy atom. The lowest BCUT2D eigenvalue weighted by Crippen LogP contribution is -1.98. The fraction of sp³-hybridized carbons (Fsp3) is 0.0714. The molecule has 0 bridgehead atoms. The molecule has 0 atom stereocenters. The molecule has 0 saturated carbocycles. The van der Waals surface area contributed by atoms with Crippen molar-refractivity contribution in [3.8, 4) is 0 Å². The van der Waals surface area contributed by atoms with Crippen LogP contribution in [0.2, 0.25) is 0 Å². The van der Waals surface area contributed by atoms with Gasteiger partial charge in [0, 0.05) is 12.2 Å². The van der Waals surface area contributed by atoms with E-state index < -0.39 is 0 Å². The Hall–Kier alpha value is -1.65. The van der Waals surface area contributed by atoms with E-state index in [1.54, 1.807) is 11.3 Å². The highest BCUT2D eigenvalue weighted by Crippen LogP contribution is 2.23. The van der Waals surface area contributed by atoms with E-state index in [0.29, 0.717) is 0 Å². The molecule has 3 aromatic rings. The molecule has 0 saturated heterocycles. The second-order valence-electron chi connectivity index (χ2n) is 4.06. The summed E-state index contributed by atoms with van der Waals surface area (Å²) >= 11 is 6.75. The molecule has 0 amide bonds. The van der Waals surface area contributed by atoms with Crippen molar-refractivity contribution in [3.05, 3.63) is 58.0 Å². The molecule has 90 valence electrons. The Labute approximate surface area is 114 Å². The van der Waals surface area contributed by atoms with Gasteiger partial charge in [0.15, 0.2) is 3.95 Å².